The summed E-state index contributed by atoms with van der Waals surface area (Å²) < 4.78 is 10.7. The molecule has 0 radical (unpaired) electrons. The van der Waals surface area contributed by atoms with Gasteiger partial charge >= 0.3 is 0 Å². The number of carbonyl (C=O) groups excluding carboxylic acids is 2. The van der Waals surface area contributed by atoms with Crippen molar-refractivity contribution in [3.05, 3.63) is 52.0 Å². The van der Waals surface area contributed by atoms with Crippen molar-refractivity contribution in [3.63, 3.8) is 0 Å². The number of anilines is 1. The molecular weight excluding hydrogens is 407 g/mol. The van der Waals surface area contributed by atoms with Gasteiger partial charge in [-0.15, -0.1) is 0 Å². The minimum Gasteiger partial charge on any atom is -0.493 e. The van der Waals surface area contributed by atoms with Crippen LogP contribution in [0.25, 0.3) is 0 Å². The van der Waals surface area contributed by atoms with Crippen molar-refractivity contribution >= 4 is 46.4 Å². The zero-order valence-corrected chi connectivity index (χ0v) is 16.3. The lowest BCUT2D eigenvalue weighted by Crippen LogP contribution is -2.33. The summed E-state index contributed by atoms with van der Waals surface area (Å²) in [6.45, 7) is 0. The summed E-state index contributed by atoms with van der Waals surface area (Å²) in [4.78, 5) is 32.3. The predicted molar refractivity (Wildman–Crippen MR) is 103 cm³/mol. The molecule has 28 heavy (non-hydrogen) atoms. The summed E-state index contributed by atoms with van der Waals surface area (Å²) in [7, 11) is 2.99. The highest BCUT2D eigenvalue weighted by atomic mass is 35.5. The third-order valence-electron chi connectivity index (χ3n) is 4.64. The number of hydrogen-bond donors (Lipinski definition) is 0. The molecule has 144 valence electrons. The molecule has 7 nitrogen and oxygen atoms in total. The van der Waals surface area contributed by atoms with Crippen LogP contribution < -0.4 is 14.4 Å². The first-order chi connectivity index (χ1) is 13.5. The molecule has 0 spiro atoms. The Morgan fingerprint density at radius 2 is 1.86 bits per heavy atom. The van der Waals surface area contributed by atoms with E-state index in [0.717, 1.165) is 4.90 Å². The van der Waals surface area contributed by atoms with Gasteiger partial charge in [-0.05, 0) is 30.3 Å². The predicted octanol–water partition coefficient (Wildman–Crippen LogP) is 3.30. The van der Waals surface area contributed by atoms with Gasteiger partial charge in [0.2, 0.25) is 12.0 Å². The molecule has 9 heteroatoms. The van der Waals surface area contributed by atoms with Crippen LogP contribution in [0.4, 0.5) is 5.69 Å². The second kappa shape index (κ2) is 7.00. The summed E-state index contributed by atoms with van der Waals surface area (Å²) in [6, 6.07) is 9.72. The Morgan fingerprint density at radius 3 is 2.54 bits per heavy atom. The van der Waals surface area contributed by atoms with Crippen molar-refractivity contribution in [2.45, 2.75) is 6.10 Å². The quantitative estimate of drug-likeness (QED) is 0.709. The number of oxime groups is 1. The standard InChI is InChI=1S/C19H14Cl2N2O5/c1-26-13-5-3-4-10(16(13)27-2)15-14-17(28-22-15)19(25)23(18(14)24)12-7-6-9(20)8-11(12)21/h3-8,14,17H,1-2H3/t14-,17+/m1/s1. The lowest BCUT2D eigenvalue weighted by molar-refractivity contribution is -0.126. The second-order valence-electron chi connectivity index (χ2n) is 6.13. The van der Waals surface area contributed by atoms with Gasteiger partial charge in [0.25, 0.3) is 5.91 Å². The van der Waals surface area contributed by atoms with Crippen LogP contribution >= 0.6 is 23.2 Å². The smallest absolute Gasteiger partial charge is 0.279 e. The Bertz CT molecular complexity index is 1020. The van der Waals surface area contributed by atoms with Crippen LogP contribution in [-0.4, -0.2) is 37.8 Å². The van der Waals surface area contributed by atoms with Crippen molar-refractivity contribution < 1.29 is 23.9 Å². The molecule has 1 saturated heterocycles. The zero-order valence-electron chi connectivity index (χ0n) is 14.8. The van der Waals surface area contributed by atoms with Gasteiger partial charge in [0, 0.05) is 10.6 Å². The molecule has 0 aliphatic carbocycles. The van der Waals surface area contributed by atoms with E-state index < -0.39 is 23.8 Å². The maximum atomic E-state index is 13.2. The largest absolute Gasteiger partial charge is 0.493 e. The fraction of sp³-hybridized carbons (Fsp3) is 0.211. The molecule has 4 rings (SSSR count). The molecule has 0 N–H and O–H groups in total. The molecule has 0 unspecified atom stereocenters. The van der Waals surface area contributed by atoms with E-state index in [-0.39, 0.29) is 10.7 Å². The average molecular weight is 421 g/mol. The topological polar surface area (TPSA) is 77.4 Å². The van der Waals surface area contributed by atoms with Gasteiger partial charge in [-0.3, -0.25) is 9.59 Å². The normalized spacial score (nSPS) is 20.7. The third kappa shape index (κ3) is 2.70. The fourth-order valence-corrected chi connectivity index (χ4v) is 3.88. The first-order valence-electron chi connectivity index (χ1n) is 8.26. The minimum absolute atomic E-state index is 0.187. The first kappa shape index (κ1) is 18.6. The highest BCUT2D eigenvalue weighted by Crippen LogP contribution is 2.41. The van der Waals surface area contributed by atoms with E-state index in [1.165, 1.54) is 26.4 Å². The van der Waals surface area contributed by atoms with Crippen LogP contribution in [0.3, 0.4) is 0 Å². The third-order valence-corrected chi connectivity index (χ3v) is 5.18. The molecular formula is C19H14Cl2N2O5. The maximum Gasteiger partial charge on any atom is 0.279 e. The number of benzene rings is 2. The number of amides is 2. The molecule has 1 fully saturated rings. The van der Waals surface area contributed by atoms with Crippen LogP contribution in [0.2, 0.25) is 10.0 Å². The Morgan fingerprint density at radius 1 is 1.07 bits per heavy atom. The summed E-state index contributed by atoms with van der Waals surface area (Å²) in [5.41, 5.74) is 1.06. The van der Waals surface area contributed by atoms with Gasteiger partial charge < -0.3 is 14.3 Å². The summed E-state index contributed by atoms with van der Waals surface area (Å²) in [5.74, 6) is -1.07. The van der Waals surface area contributed by atoms with E-state index in [1.54, 1.807) is 24.3 Å². The number of para-hydroxylation sites is 1. The van der Waals surface area contributed by atoms with Crippen molar-refractivity contribution in [1.29, 1.82) is 0 Å². The number of imide groups is 1. The number of fused-ring (bicyclic) bond motifs is 1. The Kier molecular flexibility index (Phi) is 4.64. The van der Waals surface area contributed by atoms with Crippen LogP contribution in [0.15, 0.2) is 41.6 Å². The molecule has 0 saturated carbocycles. The Hall–Kier alpha value is -2.77. The van der Waals surface area contributed by atoms with E-state index in [9.17, 15) is 9.59 Å². The Labute approximate surface area is 170 Å². The van der Waals surface area contributed by atoms with E-state index in [0.29, 0.717) is 27.8 Å². The van der Waals surface area contributed by atoms with Gasteiger partial charge in [-0.1, -0.05) is 34.4 Å². The number of halogens is 2. The molecule has 2 aliphatic rings. The molecule has 0 aromatic heterocycles. The van der Waals surface area contributed by atoms with Crippen molar-refractivity contribution in [2.75, 3.05) is 19.1 Å². The van der Waals surface area contributed by atoms with E-state index >= 15 is 0 Å². The average Bonchev–Trinajstić information content (AvgIpc) is 3.22. The zero-order chi connectivity index (χ0) is 20.0. The number of ether oxygens (including phenoxy) is 2. The highest BCUT2D eigenvalue weighted by molar-refractivity contribution is 6.40. The van der Waals surface area contributed by atoms with Crippen LogP contribution in [-0.2, 0) is 14.4 Å². The van der Waals surface area contributed by atoms with E-state index in [2.05, 4.69) is 5.16 Å². The first-order valence-corrected chi connectivity index (χ1v) is 9.01. The summed E-state index contributed by atoms with van der Waals surface area (Å²) >= 11 is 12.1. The molecule has 2 heterocycles. The SMILES string of the molecule is COc1cccc(C2=NO[C@@H]3C(=O)N(c4ccc(Cl)cc4Cl)C(=O)[C@H]23)c1OC. The maximum absolute atomic E-state index is 13.2. The van der Waals surface area contributed by atoms with Gasteiger partial charge in [-0.2, -0.15) is 0 Å². The number of rotatable bonds is 4. The fourth-order valence-electron chi connectivity index (χ4n) is 3.39. The lowest BCUT2D eigenvalue weighted by atomic mass is 9.93. The lowest BCUT2D eigenvalue weighted by Gasteiger charge is -2.17. The minimum atomic E-state index is -1.06. The number of methoxy groups -OCH3 is 2. The van der Waals surface area contributed by atoms with E-state index in [4.69, 9.17) is 37.5 Å². The highest BCUT2D eigenvalue weighted by Gasteiger charge is 2.57. The molecule has 2 aromatic rings. The Balaban J connectivity index is 1.76. The number of hydrogen-bond acceptors (Lipinski definition) is 6. The monoisotopic (exact) mass is 420 g/mol. The van der Waals surface area contributed by atoms with Gasteiger partial charge in [0.1, 0.15) is 11.6 Å². The van der Waals surface area contributed by atoms with E-state index in [1.807, 2.05) is 0 Å². The van der Waals surface area contributed by atoms with Gasteiger partial charge in [0.15, 0.2) is 11.5 Å². The number of carbonyl (C=O) groups is 2. The van der Waals surface area contributed by atoms with Crippen LogP contribution in [0.1, 0.15) is 5.56 Å². The van der Waals surface area contributed by atoms with Crippen LogP contribution in [0, 0.1) is 5.92 Å². The van der Waals surface area contributed by atoms with Gasteiger partial charge in [-0.25, -0.2) is 4.90 Å². The van der Waals surface area contributed by atoms with Crippen LogP contribution in [0.5, 0.6) is 11.5 Å². The molecule has 2 aliphatic heterocycles. The molecule has 2 atom stereocenters. The van der Waals surface area contributed by atoms with Crippen molar-refractivity contribution in [2.24, 2.45) is 11.1 Å². The van der Waals surface area contributed by atoms with Crippen molar-refractivity contribution in [3.8, 4) is 11.5 Å². The number of nitrogens with zero attached hydrogens (tertiary/aromatic N) is 2. The molecule has 0 bridgehead atoms. The van der Waals surface area contributed by atoms with Gasteiger partial charge in [0.05, 0.1) is 24.9 Å². The molecule has 2 amide bonds. The van der Waals surface area contributed by atoms with Crippen molar-refractivity contribution in [1.82, 2.24) is 0 Å². The molecule has 2 aromatic carbocycles. The summed E-state index contributed by atoms with van der Waals surface area (Å²) in [5, 5.41) is 4.58. The second-order valence-corrected chi connectivity index (χ2v) is 6.97. The summed E-state index contributed by atoms with van der Waals surface area (Å²) in [6.07, 6.45) is -1.06.